The second kappa shape index (κ2) is 11.5. The molecule has 0 saturated heterocycles. The summed E-state index contributed by atoms with van der Waals surface area (Å²) in [6.07, 6.45) is -1.14. The molecule has 0 fully saturated rings. The fraction of sp³-hybridized carbons (Fsp3) is 0.188. The highest BCUT2D eigenvalue weighted by Crippen LogP contribution is 2.37. The predicted octanol–water partition coefficient (Wildman–Crippen LogP) is 6.48. The van der Waals surface area contributed by atoms with E-state index in [1.54, 1.807) is 60.7 Å². The van der Waals surface area contributed by atoms with Crippen LogP contribution in [0.15, 0.2) is 102 Å². The summed E-state index contributed by atoms with van der Waals surface area (Å²) in [5.74, 6) is -0.559. The molecule has 5 rings (SSSR count). The lowest BCUT2D eigenvalue weighted by molar-refractivity contribution is -0.122. The van der Waals surface area contributed by atoms with Crippen molar-refractivity contribution in [1.29, 1.82) is 0 Å². The predicted molar refractivity (Wildman–Crippen MR) is 165 cm³/mol. The molecular formula is C32H30ClN3O5S. The Bertz CT molecular complexity index is 1730. The summed E-state index contributed by atoms with van der Waals surface area (Å²) in [7, 11) is -4.02. The van der Waals surface area contributed by atoms with Gasteiger partial charge in [-0.2, -0.15) is 0 Å². The van der Waals surface area contributed by atoms with Crippen LogP contribution in [0.25, 0.3) is 0 Å². The molecule has 1 aliphatic rings. The average molecular weight is 604 g/mol. The van der Waals surface area contributed by atoms with Crippen LogP contribution in [-0.4, -0.2) is 32.9 Å². The number of sulfonamides is 1. The van der Waals surface area contributed by atoms with Crippen molar-refractivity contribution in [3.63, 3.8) is 0 Å². The smallest absolute Gasteiger partial charge is 0.267 e. The first-order valence-electron chi connectivity index (χ1n) is 13.3. The molecule has 1 aliphatic heterocycles. The van der Waals surface area contributed by atoms with Crippen LogP contribution in [0.3, 0.4) is 0 Å². The maximum absolute atomic E-state index is 13.6. The van der Waals surface area contributed by atoms with E-state index >= 15 is 0 Å². The number of carbonyl (C=O) groups is 2. The topological polar surface area (TPSA) is 105 Å². The maximum atomic E-state index is 13.6. The highest BCUT2D eigenvalue weighted by molar-refractivity contribution is 7.92. The van der Waals surface area contributed by atoms with E-state index in [1.165, 1.54) is 28.6 Å². The normalized spacial score (nSPS) is 14.9. The van der Waals surface area contributed by atoms with Gasteiger partial charge in [-0.05, 0) is 77.7 Å². The van der Waals surface area contributed by atoms with E-state index in [4.69, 9.17) is 16.3 Å². The number of nitrogens with zero attached hydrogens (tertiary/aromatic N) is 1. The number of hydrogen-bond donors (Lipinski definition) is 2. The Kier molecular flexibility index (Phi) is 7.99. The van der Waals surface area contributed by atoms with E-state index < -0.39 is 22.0 Å². The summed E-state index contributed by atoms with van der Waals surface area (Å²) >= 11 is 5.96. The standard InChI is InChI=1S/C32H30ClN3O5S/c1-32(2,3)22-13-11-21(12-14-22)30(37)34-24-7-6-8-25(19-24)35-31(38)29-20-36(27-9-4-5-10-28(27)41-29)42(39,40)26-17-15-23(33)16-18-26/h4-19,29H,20H2,1-3H3,(H,34,37)(H,35,38). The summed E-state index contributed by atoms with van der Waals surface area (Å²) in [4.78, 5) is 26.2. The Balaban J connectivity index is 1.32. The second-order valence-electron chi connectivity index (χ2n) is 10.9. The van der Waals surface area contributed by atoms with Crippen LogP contribution in [0.5, 0.6) is 5.75 Å². The van der Waals surface area contributed by atoms with Crippen molar-refractivity contribution in [2.75, 3.05) is 21.5 Å². The zero-order chi connectivity index (χ0) is 30.1. The Morgan fingerprint density at radius 3 is 2.17 bits per heavy atom. The van der Waals surface area contributed by atoms with Crippen LogP contribution in [0.2, 0.25) is 5.02 Å². The molecule has 0 bridgehead atoms. The highest BCUT2D eigenvalue weighted by atomic mass is 35.5. The molecule has 0 saturated carbocycles. The molecule has 1 heterocycles. The number of para-hydroxylation sites is 2. The van der Waals surface area contributed by atoms with Gasteiger partial charge in [-0.25, -0.2) is 8.42 Å². The second-order valence-corrected chi connectivity index (χ2v) is 13.2. The molecule has 4 aromatic carbocycles. The Morgan fingerprint density at radius 2 is 1.50 bits per heavy atom. The quantitative estimate of drug-likeness (QED) is 0.262. The van der Waals surface area contributed by atoms with Crippen LogP contribution in [0.4, 0.5) is 17.1 Å². The van der Waals surface area contributed by atoms with Crippen molar-refractivity contribution in [2.45, 2.75) is 37.2 Å². The zero-order valence-electron chi connectivity index (χ0n) is 23.3. The van der Waals surface area contributed by atoms with Gasteiger partial charge in [-0.15, -0.1) is 0 Å². The van der Waals surface area contributed by atoms with E-state index in [0.29, 0.717) is 27.6 Å². The molecule has 2 N–H and O–H groups in total. The van der Waals surface area contributed by atoms with Crippen molar-refractivity contribution in [3.8, 4) is 5.75 Å². The number of nitrogens with one attached hydrogen (secondary N) is 2. The minimum absolute atomic E-state index is 0.0251. The van der Waals surface area contributed by atoms with Gasteiger partial charge in [0.1, 0.15) is 5.75 Å². The molecule has 10 heteroatoms. The minimum atomic E-state index is -4.02. The Labute approximate surface area is 250 Å². The molecule has 8 nitrogen and oxygen atoms in total. The summed E-state index contributed by atoms with van der Waals surface area (Å²) in [5, 5.41) is 6.05. The number of anilines is 3. The first-order chi connectivity index (χ1) is 19.9. The lowest BCUT2D eigenvalue weighted by Gasteiger charge is -2.34. The van der Waals surface area contributed by atoms with E-state index in [1.807, 2.05) is 12.1 Å². The van der Waals surface area contributed by atoms with Gasteiger partial charge in [0.2, 0.25) is 0 Å². The van der Waals surface area contributed by atoms with Crippen molar-refractivity contribution in [1.82, 2.24) is 0 Å². The van der Waals surface area contributed by atoms with Crippen molar-refractivity contribution >= 4 is 50.5 Å². The highest BCUT2D eigenvalue weighted by Gasteiger charge is 2.37. The van der Waals surface area contributed by atoms with Crippen LogP contribution < -0.4 is 19.7 Å². The average Bonchev–Trinajstić information content (AvgIpc) is 2.96. The summed E-state index contributed by atoms with van der Waals surface area (Å²) < 4.78 is 34.2. The van der Waals surface area contributed by atoms with Gasteiger partial charge >= 0.3 is 0 Å². The SMILES string of the molecule is CC(C)(C)c1ccc(C(=O)Nc2cccc(NC(=O)C3CN(S(=O)(=O)c4ccc(Cl)cc4)c4ccccc4O3)c2)cc1. The number of fused-ring (bicyclic) bond motifs is 1. The number of rotatable bonds is 6. The molecule has 0 spiro atoms. The van der Waals surface area contributed by atoms with Crippen molar-refractivity contribution < 1.29 is 22.7 Å². The third kappa shape index (κ3) is 6.27. The van der Waals surface area contributed by atoms with Crippen LogP contribution in [0.1, 0.15) is 36.7 Å². The Hall–Kier alpha value is -4.34. The number of ether oxygens (including phenoxy) is 1. The van der Waals surface area contributed by atoms with Gasteiger partial charge in [-0.1, -0.05) is 62.7 Å². The lowest BCUT2D eigenvalue weighted by Crippen LogP contribution is -2.48. The lowest BCUT2D eigenvalue weighted by atomic mass is 9.87. The molecule has 0 radical (unpaired) electrons. The first-order valence-corrected chi connectivity index (χ1v) is 15.1. The molecule has 1 unspecified atom stereocenters. The summed E-state index contributed by atoms with van der Waals surface area (Å²) in [5.41, 5.74) is 2.83. The maximum Gasteiger partial charge on any atom is 0.267 e. The summed E-state index contributed by atoms with van der Waals surface area (Å²) in [6, 6.07) is 26.6. The van der Waals surface area contributed by atoms with E-state index in [-0.39, 0.29) is 28.5 Å². The molecule has 0 aromatic heterocycles. The number of halogens is 1. The van der Waals surface area contributed by atoms with Gasteiger partial charge in [-0.3, -0.25) is 13.9 Å². The van der Waals surface area contributed by atoms with E-state index in [2.05, 4.69) is 31.4 Å². The van der Waals surface area contributed by atoms with E-state index in [0.717, 1.165) is 5.56 Å². The third-order valence-electron chi connectivity index (χ3n) is 6.83. The minimum Gasteiger partial charge on any atom is -0.476 e. The first kappa shape index (κ1) is 29.2. The monoisotopic (exact) mass is 603 g/mol. The van der Waals surface area contributed by atoms with Gasteiger partial charge in [0, 0.05) is 22.0 Å². The van der Waals surface area contributed by atoms with Gasteiger partial charge in [0.15, 0.2) is 6.10 Å². The molecule has 42 heavy (non-hydrogen) atoms. The summed E-state index contributed by atoms with van der Waals surface area (Å²) in [6.45, 7) is 6.08. The fourth-order valence-electron chi connectivity index (χ4n) is 4.52. The fourth-order valence-corrected chi connectivity index (χ4v) is 6.12. The molecule has 216 valence electrons. The van der Waals surface area contributed by atoms with Gasteiger partial charge in [0.25, 0.3) is 21.8 Å². The number of hydrogen-bond acceptors (Lipinski definition) is 5. The van der Waals surface area contributed by atoms with Crippen molar-refractivity contribution in [3.05, 3.63) is 113 Å². The molecule has 1 atom stereocenters. The van der Waals surface area contributed by atoms with Crippen LogP contribution in [-0.2, 0) is 20.2 Å². The molecule has 4 aromatic rings. The molecular weight excluding hydrogens is 574 g/mol. The zero-order valence-corrected chi connectivity index (χ0v) is 24.9. The number of amides is 2. The number of carbonyl (C=O) groups excluding carboxylic acids is 2. The van der Waals surface area contributed by atoms with Crippen molar-refractivity contribution in [2.24, 2.45) is 0 Å². The van der Waals surface area contributed by atoms with E-state index in [9.17, 15) is 18.0 Å². The number of benzene rings is 4. The van der Waals surface area contributed by atoms with Crippen LogP contribution in [0, 0.1) is 0 Å². The van der Waals surface area contributed by atoms with Crippen LogP contribution >= 0.6 is 11.6 Å². The largest absolute Gasteiger partial charge is 0.476 e. The molecule has 2 amide bonds. The Morgan fingerprint density at radius 1 is 0.857 bits per heavy atom. The van der Waals surface area contributed by atoms with Gasteiger partial charge < -0.3 is 15.4 Å². The molecule has 0 aliphatic carbocycles. The third-order valence-corrected chi connectivity index (χ3v) is 8.88. The van der Waals surface area contributed by atoms with Gasteiger partial charge in [0.05, 0.1) is 17.1 Å².